The highest BCUT2D eigenvalue weighted by Gasteiger charge is 2.05. The van der Waals surface area contributed by atoms with Crippen LogP contribution in [0.2, 0.25) is 0 Å². The first kappa shape index (κ1) is 7.76. The zero-order valence-electron chi connectivity index (χ0n) is 6.64. The van der Waals surface area contributed by atoms with Gasteiger partial charge in [-0.3, -0.25) is 4.90 Å². The van der Waals surface area contributed by atoms with E-state index in [1.165, 1.54) is 13.1 Å². The first-order valence-electron chi connectivity index (χ1n) is 3.97. The highest BCUT2D eigenvalue weighted by Crippen LogP contribution is 1.91. The van der Waals surface area contributed by atoms with E-state index in [-0.39, 0.29) is 0 Å². The highest BCUT2D eigenvalue weighted by molar-refractivity contribution is 4.82. The highest BCUT2D eigenvalue weighted by atomic mass is 15.2. The van der Waals surface area contributed by atoms with Crippen molar-refractivity contribution in [1.29, 1.82) is 0 Å². The summed E-state index contributed by atoms with van der Waals surface area (Å²) in [6.45, 7) is 7.89. The number of allylic oxidation sites excluding steroid dienone is 1. The van der Waals surface area contributed by atoms with E-state index in [4.69, 9.17) is 0 Å². The van der Waals surface area contributed by atoms with Crippen LogP contribution in [0.1, 0.15) is 6.92 Å². The Morgan fingerprint density at radius 1 is 1.40 bits per heavy atom. The largest absolute Gasteiger partial charge is 0.314 e. The Balaban J connectivity index is 2.13. The van der Waals surface area contributed by atoms with Crippen LogP contribution in [0.5, 0.6) is 0 Å². The number of piperazine rings is 1. The van der Waals surface area contributed by atoms with Crippen molar-refractivity contribution >= 4 is 0 Å². The summed E-state index contributed by atoms with van der Waals surface area (Å²) in [5, 5.41) is 3.33. The van der Waals surface area contributed by atoms with E-state index in [1.54, 1.807) is 0 Å². The number of nitrogens with one attached hydrogen (secondary N) is 1. The summed E-state index contributed by atoms with van der Waals surface area (Å²) in [6.07, 6.45) is 4.33. The molecule has 0 radical (unpaired) electrons. The van der Waals surface area contributed by atoms with Crippen LogP contribution in [-0.2, 0) is 0 Å². The molecule has 0 amide bonds. The van der Waals surface area contributed by atoms with Crippen molar-refractivity contribution in [2.24, 2.45) is 0 Å². The van der Waals surface area contributed by atoms with Crippen LogP contribution in [0.15, 0.2) is 12.2 Å². The standard InChI is InChI=1S/C8H16N2/c1-2-3-6-10-7-4-9-5-8-10/h2-3,9H,4-8H2,1H3/b3-2-. The minimum atomic E-state index is 1.12. The van der Waals surface area contributed by atoms with Gasteiger partial charge in [-0.2, -0.15) is 0 Å². The summed E-state index contributed by atoms with van der Waals surface area (Å²) >= 11 is 0. The lowest BCUT2D eigenvalue weighted by Crippen LogP contribution is -2.43. The lowest BCUT2D eigenvalue weighted by Gasteiger charge is -2.25. The van der Waals surface area contributed by atoms with Crippen molar-refractivity contribution in [3.63, 3.8) is 0 Å². The van der Waals surface area contributed by atoms with Crippen LogP contribution in [0.4, 0.5) is 0 Å². The Hall–Kier alpha value is -0.340. The molecular formula is C8H16N2. The molecule has 0 aromatic heterocycles. The van der Waals surface area contributed by atoms with Gasteiger partial charge in [0.05, 0.1) is 0 Å². The smallest absolute Gasteiger partial charge is 0.0164 e. The molecule has 2 nitrogen and oxygen atoms in total. The lowest BCUT2D eigenvalue weighted by atomic mass is 10.3. The van der Waals surface area contributed by atoms with Gasteiger partial charge in [-0.05, 0) is 6.92 Å². The predicted molar refractivity (Wildman–Crippen MR) is 44.1 cm³/mol. The normalized spacial score (nSPS) is 22.1. The third-order valence-corrected chi connectivity index (χ3v) is 1.81. The third-order valence-electron chi connectivity index (χ3n) is 1.81. The van der Waals surface area contributed by atoms with E-state index >= 15 is 0 Å². The van der Waals surface area contributed by atoms with Crippen LogP contribution in [0.3, 0.4) is 0 Å². The molecule has 1 N–H and O–H groups in total. The van der Waals surface area contributed by atoms with Crippen LogP contribution >= 0.6 is 0 Å². The van der Waals surface area contributed by atoms with Crippen LogP contribution in [-0.4, -0.2) is 37.6 Å². The molecule has 0 aromatic carbocycles. The molecular weight excluding hydrogens is 124 g/mol. The molecule has 2 heteroatoms. The second-order valence-corrected chi connectivity index (χ2v) is 2.62. The molecule has 0 unspecified atom stereocenters. The van der Waals surface area contributed by atoms with Crippen molar-refractivity contribution in [3.05, 3.63) is 12.2 Å². The Bertz CT molecular complexity index is 104. The minimum absolute atomic E-state index is 1.12. The van der Waals surface area contributed by atoms with Gasteiger partial charge >= 0.3 is 0 Å². The van der Waals surface area contributed by atoms with Crippen molar-refractivity contribution in [1.82, 2.24) is 10.2 Å². The molecule has 0 bridgehead atoms. The van der Waals surface area contributed by atoms with Gasteiger partial charge in [-0.25, -0.2) is 0 Å². The fourth-order valence-electron chi connectivity index (χ4n) is 1.15. The number of nitrogens with zero attached hydrogens (tertiary/aromatic N) is 1. The van der Waals surface area contributed by atoms with Gasteiger partial charge in [-0.15, -0.1) is 0 Å². The Morgan fingerprint density at radius 3 is 2.70 bits per heavy atom. The van der Waals surface area contributed by atoms with E-state index in [2.05, 4.69) is 29.3 Å². The van der Waals surface area contributed by atoms with Crippen LogP contribution in [0.25, 0.3) is 0 Å². The summed E-state index contributed by atoms with van der Waals surface area (Å²) in [6, 6.07) is 0. The summed E-state index contributed by atoms with van der Waals surface area (Å²) in [5.41, 5.74) is 0. The Labute approximate surface area is 62.9 Å². The van der Waals surface area contributed by atoms with Crippen LogP contribution < -0.4 is 5.32 Å². The van der Waals surface area contributed by atoms with Gasteiger partial charge in [0, 0.05) is 32.7 Å². The van der Waals surface area contributed by atoms with Crippen molar-refractivity contribution in [2.75, 3.05) is 32.7 Å². The minimum Gasteiger partial charge on any atom is -0.314 e. The molecule has 1 aliphatic heterocycles. The molecule has 1 fully saturated rings. The molecule has 0 saturated carbocycles. The molecule has 10 heavy (non-hydrogen) atoms. The van der Waals surface area contributed by atoms with Gasteiger partial charge < -0.3 is 5.32 Å². The monoisotopic (exact) mass is 140 g/mol. The number of rotatable bonds is 2. The third kappa shape index (κ3) is 2.50. The molecule has 1 aliphatic rings. The van der Waals surface area contributed by atoms with Gasteiger partial charge in [0.25, 0.3) is 0 Å². The molecule has 1 rings (SSSR count). The second kappa shape index (κ2) is 4.47. The second-order valence-electron chi connectivity index (χ2n) is 2.62. The van der Waals surface area contributed by atoms with E-state index in [1.807, 2.05) is 0 Å². The van der Waals surface area contributed by atoms with E-state index in [9.17, 15) is 0 Å². The van der Waals surface area contributed by atoms with Crippen molar-refractivity contribution < 1.29 is 0 Å². The SMILES string of the molecule is C/C=C\CN1CCNCC1. The zero-order chi connectivity index (χ0) is 7.23. The lowest BCUT2D eigenvalue weighted by molar-refractivity contribution is 0.264. The van der Waals surface area contributed by atoms with Gasteiger partial charge in [-0.1, -0.05) is 12.2 Å². The van der Waals surface area contributed by atoms with E-state index in [0.717, 1.165) is 19.6 Å². The average molecular weight is 140 g/mol. The summed E-state index contributed by atoms with van der Waals surface area (Å²) in [4.78, 5) is 2.45. The van der Waals surface area contributed by atoms with E-state index < -0.39 is 0 Å². The molecule has 0 spiro atoms. The fourth-order valence-corrected chi connectivity index (χ4v) is 1.15. The predicted octanol–water partition coefficient (Wildman–Crippen LogP) is 0.468. The molecule has 0 atom stereocenters. The Morgan fingerprint density at radius 2 is 2.10 bits per heavy atom. The maximum atomic E-state index is 3.33. The summed E-state index contributed by atoms with van der Waals surface area (Å²) in [5.74, 6) is 0. The summed E-state index contributed by atoms with van der Waals surface area (Å²) < 4.78 is 0. The molecule has 0 aromatic rings. The summed E-state index contributed by atoms with van der Waals surface area (Å²) in [7, 11) is 0. The van der Waals surface area contributed by atoms with Crippen molar-refractivity contribution in [2.45, 2.75) is 6.92 Å². The Kier molecular flexibility index (Phi) is 3.47. The first-order chi connectivity index (χ1) is 4.93. The molecule has 0 aliphatic carbocycles. The van der Waals surface area contributed by atoms with Gasteiger partial charge in [0.1, 0.15) is 0 Å². The van der Waals surface area contributed by atoms with E-state index in [0.29, 0.717) is 0 Å². The first-order valence-corrected chi connectivity index (χ1v) is 3.97. The van der Waals surface area contributed by atoms with Gasteiger partial charge in [0.15, 0.2) is 0 Å². The number of hydrogen-bond donors (Lipinski definition) is 1. The van der Waals surface area contributed by atoms with Gasteiger partial charge in [0.2, 0.25) is 0 Å². The molecule has 1 heterocycles. The topological polar surface area (TPSA) is 15.3 Å². The quantitative estimate of drug-likeness (QED) is 0.561. The maximum Gasteiger partial charge on any atom is 0.0164 e. The average Bonchev–Trinajstić information content (AvgIpc) is 2.03. The maximum absolute atomic E-state index is 3.33. The van der Waals surface area contributed by atoms with Crippen LogP contribution in [0, 0.1) is 0 Å². The van der Waals surface area contributed by atoms with Crippen molar-refractivity contribution in [3.8, 4) is 0 Å². The fraction of sp³-hybridized carbons (Fsp3) is 0.750. The molecule has 1 saturated heterocycles. The molecule has 58 valence electrons. The number of hydrogen-bond acceptors (Lipinski definition) is 2. The zero-order valence-corrected chi connectivity index (χ0v) is 6.64.